The van der Waals surface area contributed by atoms with E-state index in [1.165, 1.54) is 5.56 Å². The lowest BCUT2D eigenvalue weighted by molar-refractivity contribution is 0.240. The molecule has 3 aromatic rings. The van der Waals surface area contributed by atoms with Crippen molar-refractivity contribution in [2.75, 3.05) is 6.54 Å². The van der Waals surface area contributed by atoms with Crippen LogP contribution in [0.3, 0.4) is 0 Å². The van der Waals surface area contributed by atoms with Gasteiger partial charge in [0, 0.05) is 60.3 Å². The first-order valence-electron chi connectivity index (χ1n) is 7.58. The van der Waals surface area contributed by atoms with Crippen LogP contribution in [0.1, 0.15) is 17.0 Å². The lowest BCUT2D eigenvalue weighted by Crippen LogP contribution is -2.31. The van der Waals surface area contributed by atoms with Gasteiger partial charge >= 0.3 is 0 Å². The fourth-order valence-corrected chi connectivity index (χ4v) is 2.99. The van der Waals surface area contributed by atoms with E-state index in [1.807, 2.05) is 36.7 Å². The van der Waals surface area contributed by atoms with Gasteiger partial charge in [-0.2, -0.15) is 0 Å². The maximum atomic E-state index is 5.94. The molecule has 0 aliphatic carbocycles. The number of hydrogen-bond donors (Lipinski definition) is 1. The van der Waals surface area contributed by atoms with E-state index in [4.69, 9.17) is 16.6 Å². The lowest BCUT2D eigenvalue weighted by atomic mass is 10.1. The number of benzene rings is 1. The normalized spacial score (nSPS) is 14.7. The molecule has 2 aromatic heterocycles. The third-order valence-electron chi connectivity index (χ3n) is 4.06. The lowest BCUT2D eigenvalue weighted by Gasteiger charge is -2.27. The van der Waals surface area contributed by atoms with Gasteiger partial charge in [-0.05, 0) is 24.3 Å². The van der Waals surface area contributed by atoms with Crippen molar-refractivity contribution < 1.29 is 0 Å². The quantitative estimate of drug-likeness (QED) is 0.804. The number of hydrogen-bond acceptors (Lipinski definition) is 4. The van der Waals surface area contributed by atoms with Crippen LogP contribution in [-0.4, -0.2) is 31.4 Å². The first-order valence-corrected chi connectivity index (χ1v) is 7.96. The van der Waals surface area contributed by atoms with E-state index < -0.39 is 0 Å². The van der Waals surface area contributed by atoms with Crippen LogP contribution in [0.4, 0.5) is 0 Å². The van der Waals surface area contributed by atoms with Crippen molar-refractivity contribution in [3.63, 3.8) is 0 Å². The molecule has 0 radical (unpaired) electrons. The zero-order chi connectivity index (χ0) is 15.6. The van der Waals surface area contributed by atoms with E-state index in [9.17, 15) is 0 Å². The Morgan fingerprint density at radius 2 is 2.04 bits per heavy atom. The van der Waals surface area contributed by atoms with Crippen molar-refractivity contribution in [3.8, 4) is 11.4 Å². The molecule has 0 bridgehead atoms. The number of fused-ring (bicyclic) bond motifs is 1. The molecule has 1 aliphatic rings. The van der Waals surface area contributed by atoms with Gasteiger partial charge in [0.1, 0.15) is 0 Å². The van der Waals surface area contributed by atoms with E-state index in [2.05, 4.69) is 19.9 Å². The summed E-state index contributed by atoms with van der Waals surface area (Å²) >= 11 is 5.94. The second-order valence-electron chi connectivity index (χ2n) is 5.71. The summed E-state index contributed by atoms with van der Waals surface area (Å²) in [6, 6.07) is 7.65. The molecule has 116 valence electrons. The van der Waals surface area contributed by atoms with E-state index in [-0.39, 0.29) is 0 Å². The number of H-pyrrole nitrogens is 1. The van der Waals surface area contributed by atoms with Crippen LogP contribution in [0.5, 0.6) is 0 Å². The number of aromatic amines is 1. The van der Waals surface area contributed by atoms with Gasteiger partial charge in [-0.1, -0.05) is 11.6 Å². The van der Waals surface area contributed by atoms with Gasteiger partial charge < -0.3 is 4.98 Å². The zero-order valence-corrected chi connectivity index (χ0v) is 13.3. The maximum Gasteiger partial charge on any atom is 0.159 e. The number of aromatic nitrogens is 4. The molecule has 5 nitrogen and oxygen atoms in total. The van der Waals surface area contributed by atoms with Crippen LogP contribution < -0.4 is 0 Å². The average molecular weight is 326 g/mol. The minimum Gasteiger partial charge on any atom is -0.347 e. The summed E-state index contributed by atoms with van der Waals surface area (Å²) in [5.41, 5.74) is 4.48. The van der Waals surface area contributed by atoms with Crippen molar-refractivity contribution >= 4 is 11.6 Å². The Labute approximate surface area is 139 Å². The molecule has 3 heterocycles. The van der Waals surface area contributed by atoms with Crippen LogP contribution in [0.25, 0.3) is 11.4 Å². The van der Waals surface area contributed by atoms with Crippen molar-refractivity contribution in [2.24, 2.45) is 0 Å². The second-order valence-corrected chi connectivity index (χ2v) is 6.15. The molecule has 6 heteroatoms. The van der Waals surface area contributed by atoms with Crippen molar-refractivity contribution in [3.05, 3.63) is 65.0 Å². The summed E-state index contributed by atoms with van der Waals surface area (Å²) < 4.78 is 0. The fourth-order valence-electron chi connectivity index (χ4n) is 2.86. The molecule has 0 saturated heterocycles. The molecule has 0 atom stereocenters. The number of nitrogens with zero attached hydrogens (tertiary/aromatic N) is 4. The summed E-state index contributed by atoms with van der Waals surface area (Å²) in [5.74, 6) is 0.766. The Bertz CT molecular complexity index is 798. The Kier molecular flexibility index (Phi) is 3.81. The first-order chi connectivity index (χ1) is 11.3. The molecule has 1 N–H and O–H groups in total. The summed E-state index contributed by atoms with van der Waals surface area (Å²) in [4.78, 5) is 18.9. The molecule has 1 aliphatic heterocycles. The molecule has 0 spiro atoms. The minimum atomic E-state index is 0.723. The van der Waals surface area contributed by atoms with Gasteiger partial charge in [0.2, 0.25) is 0 Å². The monoisotopic (exact) mass is 325 g/mol. The third-order valence-corrected chi connectivity index (χ3v) is 4.32. The molecule has 0 fully saturated rings. The van der Waals surface area contributed by atoms with Crippen LogP contribution in [0.15, 0.2) is 43.0 Å². The highest BCUT2D eigenvalue weighted by atomic mass is 35.5. The molecule has 0 unspecified atom stereocenters. The summed E-state index contributed by atoms with van der Waals surface area (Å²) in [6.45, 7) is 2.73. The van der Waals surface area contributed by atoms with Gasteiger partial charge in [-0.3, -0.25) is 4.90 Å². The van der Waals surface area contributed by atoms with Gasteiger partial charge in [-0.15, -0.1) is 0 Å². The van der Waals surface area contributed by atoms with E-state index in [0.29, 0.717) is 0 Å². The van der Waals surface area contributed by atoms with Crippen molar-refractivity contribution in [2.45, 2.75) is 19.5 Å². The summed E-state index contributed by atoms with van der Waals surface area (Å²) in [5, 5.41) is 0.723. The van der Waals surface area contributed by atoms with Crippen LogP contribution in [0, 0.1) is 0 Å². The predicted molar refractivity (Wildman–Crippen MR) is 88.9 cm³/mol. The highest BCUT2D eigenvalue weighted by Gasteiger charge is 2.19. The molecular weight excluding hydrogens is 310 g/mol. The standard InChI is InChI=1S/C17H16ClN5/c18-14-3-1-12(2-4-14)17-20-7-13-9-23(6-5-16(13)22-17)10-15-8-19-11-21-15/h1-4,7-8,11H,5-6,9-10H2,(H,19,21). The molecule has 0 saturated carbocycles. The van der Waals surface area contributed by atoms with E-state index in [1.54, 1.807) is 6.33 Å². The van der Waals surface area contributed by atoms with Crippen LogP contribution >= 0.6 is 11.6 Å². The average Bonchev–Trinajstić information content (AvgIpc) is 3.08. The van der Waals surface area contributed by atoms with Crippen molar-refractivity contribution in [1.82, 2.24) is 24.8 Å². The Morgan fingerprint density at radius 1 is 1.17 bits per heavy atom. The molecule has 4 rings (SSSR count). The number of rotatable bonds is 3. The largest absolute Gasteiger partial charge is 0.347 e. The van der Waals surface area contributed by atoms with Gasteiger partial charge in [0.05, 0.1) is 12.0 Å². The van der Waals surface area contributed by atoms with Gasteiger partial charge in [-0.25, -0.2) is 15.0 Å². The first kappa shape index (κ1) is 14.4. The van der Waals surface area contributed by atoms with E-state index in [0.717, 1.165) is 53.9 Å². The van der Waals surface area contributed by atoms with Crippen LogP contribution in [-0.2, 0) is 19.5 Å². The fraction of sp³-hybridized carbons (Fsp3) is 0.235. The van der Waals surface area contributed by atoms with E-state index >= 15 is 0 Å². The molecule has 1 aromatic carbocycles. The molecule has 23 heavy (non-hydrogen) atoms. The predicted octanol–water partition coefficient (Wildman–Crippen LogP) is 3.08. The Hall–Kier alpha value is -2.24. The smallest absolute Gasteiger partial charge is 0.159 e. The second kappa shape index (κ2) is 6.10. The number of imidazole rings is 1. The molecular formula is C17H16ClN5. The maximum absolute atomic E-state index is 5.94. The Morgan fingerprint density at radius 3 is 2.83 bits per heavy atom. The summed E-state index contributed by atoms with van der Waals surface area (Å²) in [6.07, 6.45) is 6.47. The van der Waals surface area contributed by atoms with Gasteiger partial charge in [0.15, 0.2) is 5.82 Å². The number of nitrogens with one attached hydrogen (secondary N) is 1. The van der Waals surface area contributed by atoms with Crippen LogP contribution in [0.2, 0.25) is 5.02 Å². The highest BCUT2D eigenvalue weighted by Crippen LogP contribution is 2.22. The van der Waals surface area contributed by atoms with Crippen molar-refractivity contribution in [1.29, 1.82) is 0 Å². The van der Waals surface area contributed by atoms with Gasteiger partial charge in [0.25, 0.3) is 0 Å². The zero-order valence-electron chi connectivity index (χ0n) is 12.5. The topological polar surface area (TPSA) is 57.7 Å². The minimum absolute atomic E-state index is 0.723. The highest BCUT2D eigenvalue weighted by molar-refractivity contribution is 6.30. The number of halogens is 1. The molecule has 0 amide bonds. The third kappa shape index (κ3) is 3.11. The summed E-state index contributed by atoms with van der Waals surface area (Å²) in [7, 11) is 0. The Balaban J connectivity index is 1.53. The SMILES string of the molecule is Clc1ccc(-c2ncc3c(n2)CCN(Cc2cnc[nH]2)C3)cc1.